The van der Waals surface area contributed by atoms with Gasteiger partial charge in [-0.15, -0.1) is 6.42 Å². The number of nitrogens with one attached hydrogen (secondary N) is 2. The maximum Gasteiger partial charge on any atom is 0.433 e. The minimum Gasteiger partial charge on any atom is -0.348 e. The Morgan fingerprint density at radius 2 is 1.89 bits per heavy atom. The Morgan fingerprint density at radius 1 is 1.16 bits per heavy atom. The fourth-order valence-electron chi connectivity index (χ4n) is 3.11. The number of pyridine rings is 2. The third-order valence-electron chi connectivity index (χ3n) is 4.71. The van der Waals surface area contributed by atoms with E-state index in [0.717, 1.165) is 49.0 Å². The fraction of sp³-hybridized carbons (Fsp3) is 0.125. The molecule has 0 radical (unpaired) electrons. The van der Waals surface area contributed by atoms with E-state index < -0.39 is 45.1 Å². The molecule has 0 fully saturated rings. The van der Waals surface area contributed by atoms with E-state index in [2.05, 4.69) is 21.2 Å². The van der Waals surface area contributed by atoms with E-state index in [1.165, 1.54) is 6.07 Å². The van der Waals surface area contributed by atoms with E-state index in [9.17, 15) is 35.2 Å². The van der Waals surface area contributed by atoms with Crippen LogP contribution in [-0.2, 0) is 27.5 Å². The second kappa shape index (κ2) is 10.8. The van der Waals surface area contributed by atoms with Crippen molar-refractivity contribution in [3.05, 3.63) is 82.8 Å². The molecule has 2 N–H and O–H groups in total. The summed E-state index contributed by atoms with van der Waals surface area (Å²) in [4.78, 5) is 19.5. The van der Waals surface area contributed by atoms with Crippen LogP contribution in [0.4, 0.5) is 27.6 Å². The van der Waals surface area contributed by atoms with E-state index in [1.54, 1.807) is 0 Å². The van der Waals surface area contributed by atoms with Crippen molar-refractivity contribution < 1.29 is 35.2 Å². The molecular formula is C24H17F5N4O3S. The van der Waals surface area contributed by atoms with E-state index in [4.69, 9.17) is 6.42 Å². The number of terminal acetylenes is 1. The second-order valence-corrected chi connectivity index (χ2v) is 9.31. The van der Waals surface area contributed by atoms with E-state index in [-0.39, 0.29) is 34.5 Å². The van der Waals surface area contributed by atoms with E-state index in [1.807, 2.05) is 4.72 Å². The average Bonchev–Trinajstić information content (AvgIpc) is 2.81. The van der Waals surface area contributed by atoms with Gasteiger partial charge in [0.2, 0.25) is 15.9 Å². The van der Waals surface area contributed by atoms with Crippen molar-refractivity contribution in [2.75, 3.05) is 11.0 Å². The van der Waals surface area contributed by atoms with Crippen molar-refractivity contribution in [2.24, 2.45) is 0 Å². The smallest absolute Gasteiger partial charge is 0.348 e. The number of carbonyl (C=O) groups is 1. The lowest BCUT2D eigenvalue weighted by atomic mass is 10.1. The highest BCUT2D eigenvalue weighted by Crippen LogP contribution is 2.32. The molecule has 192 valence electrons. The number of carbonyl (C=O) groups excluding carboxylic acids is 1. The Bertz CT molecular complexity index is 1530. The van der Waals surface area contributed by atoms with Crippen molar-refractivity contribution in [1.29, 1.82) is 0 Å². The van der Waals surface area contributed by atoms with Crippen LogP contribution in [0.2, 0.25) is 0 Å². The van der Waals surface area contributed by atoms with Gasteiger partial charge in [-0.05, 0) is 35.9 Å². The molecule has 3 rings (SSSR count). The number of hydrogen-bond acceptors (Lipinski definition) is 5. The Labute approximate surface area is 208 Å². The number of hydrogen-bond donors (Lipinski definition) is 2. The van der Waals surface area contributed by atoms with Gasteiger partial charge in [-0.3, -0.25) is 14.5 Å². The van der Waals surface area contributed by atoms with Crippen LogP contribution in [0.25, 0.3) is 17.3 Å². The minimum atomic E-state index is -4.79. The zero-order valence-corrected chi connectivity index (χ0v) is 19.7. The Balaban J connectivity index is 1.83. The molecule has 2 aromatic heterocycles. The molecule has 0 atom stereocenters. The monoisotopic (exact) mass is 536 g/mol. The van der Waals surface area contributed by atoms with Crippen molar-refractivity contribution in [3.63, 3.8) is 0 Å². The van der Waals surface area contributed by atoms with Crippen LogP contribution in [0.1, 0.15) is 22.4 Å². The summed E-state index contributed by atoms with van der Waals surface area (Å²) in [5.74, 6) is -0.384. The standard InChI is InChI=1S/C24H17F5N4O3S/c1-3-15-10-14(11-19(26)23(15)33-37(2,35)36)12-31-21(34)7-5-16-4-6-20(24(27,28)29)32-22(16)17-13-30-9-8-18(17)25/h1,4-11,13,33H,12H2,2H3,(H,31,34). The van der Waals surface area contributed by atoms with Crippen LogP contribution < -0.4 is 10.0 Å². The number of nitrogens with zero attached hydrogens (tertiary/aromatic N) is 2. The summed E-state index contributed by atoms with van der Waals surface area (Å²) in [7, 11) is -3.80. The van der Waals surface area contributed by atoms with Crippen LogP contribution in [0.5, 0.6) is 0 Å². The summed E-state index contributed by atoms with van der Waals surface area (Å²) < 4.78 is 92.9. The van der Waals surface area contributed by atoms with E-state index in [0.29, 0.717) is 6.07 Å². The fourth-order valence-corrected chi connectivity index (χ4v) is 3.69. The second-order valence-electron chi connectivity index (χ2n) is 7.56. The molecule has 7 nitrogen and oxygen atoms in total. The first-order valence-corrected chi connectivity index (χ1v) is 12.1. The predicted octanol–water partition coefficient (Wildman–Crippen LogP) is 4.12. The summed E-state index contributed by atoms with van der Waals surface area (Å²) in [5, 5.41) is 2.44. The molecule has 1 aromatic carbocycles. The average molecular weight is 536 g/mol. The first-order chi connectivity index (χ1) is 17.3. The number of amides is 1. The van der Waals surface area contributed by atoms with Crippen LogP contribution >= 0.6 is 0 Å². The van der Waals surface area contributed by atoms with Crippen LogP contribution in [-0.4, -0.2) is 30.5 Å². The molecule has 0 unspecified atom stereocenters. The number of rotatable bonds is 7. The lowest BCUT2D eigenvalue weighted by Crippen LogP contribution is -2.21. The topological polar surface area (TPSA) is 101 Å². The Hall–Kier alpha value is -4.31. The predicted molar refractivity (Wildman–Crippen MR) is 126 cm³/mol. The van der Waals surface area contributed by atoms with Crippen LogP contribution in [0.3, 0.4) is 0 Å². The molecule has 1 amide bonds. The van der Waals surface area contributed by atoms with Gasteiger partial charge in [0.05, 0.1) is 28.8 Å². The van der Waals surface area contributed by atoms with Gasteiger partial charge in [0, 0.05) is 30.6 Å². The SMILES string of the molecule is C#Cc1cc(CNC(=O)C=Cc2ccc(C(F)(F)F)nc2-c2cnccc2F)cc(F)c1NS(C)(=O)=O. The molecule has 0 aliphatic heterocycles. The number of halogens is 5. The summed E-state index contributed by atoms with van der Waals surface area (Å²) in [6.45, 7) is -0.219. The molecule has 0 aliphatic rings. The van der Waals surface area contributed by atoms with Crippen LogP contribution in [0.15, 0.2) is 48.8 Å². The molecule has 37 heavy (non-hydrogen) atoms. The third-order valence-corrected chi connectivity index (χ3v) is 5.29. The zero-order chi connectivity index (χ0) is 27.4. The molecule has 0 saturated carbocycles. The maximum atomic E-state index is 14.4. The van der Waals surface area contributed by atoms with Gasteiger partial charge in [0.25, 0.3) is 0 Å². The molecule has 3 aromatic rings. The molecule has 0 spiro atoms. The van der Waals surface area contributed by atoms with Gasteiger partial charge in [-0.1, -0.05) is 12.0 Å². The third kappa shape index (κ3) is 7.11. The highest BCUT2D eigenvalue weighted by atomic mass is 32.2. The number of alkyl halides is 3. The lowest BCUT2D eigenvalue weighted by molar-refractivity contribution is -0.141. The molecule has 13 heteroatoms. The molecule has 0 saturated heterocycles. The van der Waals surface area contributed by atoms with Crippen molar-refractivity contribution in [3.8, 4) is 23.6 Å². The lowest BCUT2D eigenvalue weighted by Gasteiger charge is -2.12. The molecular weight excluding hydrogens is 519 g/mol. The van der Waals surface area contributed by atoms with Gasteiger partial charge in [0.15, 0.2) is 0 Å². The number of anilines is 1. The maximum absolute atomic E-state index is 14.4. The minimum absolute atomic E-state index is 0.00640. The quantitative estimate of drug-likeness (QED) is 0.269. The summed E-state index contributed by atoms with van der Waals surface area (Å²) in [6, 6.07) is 4.94. The van der Waals surface area contributed by atoms with Gasteiger partial charge in [-0.2, -0.15) is 13.2 Å². The molecule has 0 bridgehead atoms. The first kappa shape index (κ1) is 27.3. The largest absolute Gasteiger partial charge is 0.433 e. The molecule has 0 aliphatic carbocycles. The molecule has 2 heterocycles. The van der Waals surface area contributed by atoms with Crippen molar-refractivity contribution in [1.82, 2.24) is 15.3 Å². The Morgan fingerprint density at radius 3 is 2.51 bits per heavy atom. The summed E-state index contributed by atoms with van der Waals surface area (Å²) in [6.07, 6.45) is 5.60. The number of aromatic nitrogens is 2. The van der Waals surface area contributed by atoms with Crippen LogP contribution in [0, 0.1) is 24.0 Å². The highest BCUT2D eigenvalue weighted by Gasteiger charge is 2.33. The summed E-state index contributed by atoms with van der Waals surface area (Å²) in [5.41, 5.74) is -2.22. The van der Waals surface area contributed by atoms with Gasteiger partial charge in [-0.25, -0.2) is 22.2 Å². The number of benzene rings is 1. The van der Waals surface area contributed by atoms with Gasteiger partial charge < -0.3 is 5.32 Å². The summed E-state index contributed by atoms with van der Waals surface area (Å²) >= 11 is 0. The first-order valence-electron chi connectivity index (χ1n) is 10.2. The zero-order valence-electron chi connectivity index (χ0n) is 18.9. The van der Waals surface area contributed by atoms with Crippen molar-refractivity contribution >= 4 is 27.7 Å². The van der Waals surface area contributed by atoms with Crippen molar-refractivity contribution in [2.45, 2.75) is 12.7 Å². The Kier molecular flexibility index (Phi) is 7.93. The normalized spacial score (nSPS) is 11.8. The number of sulfonamides is 1. The van der Waals surface area contributed by atoms with Gasteiger partial charge in [0.1, 0.15) is 17.3 Å². The van der Waals surface area contributed by atoms with E-state index >= 15 is 0 Å². The highest BCUT2D eigenvalue weighted by molar-refractivity contribution is 7.92. The van der Waals surface area contributed by atoms with Gasteiger partial charge >= 0.3 is 6.18 Å².